The van der Waals surface area contributed by atoms with Gasteiger partial charge in [0, 0.05) is 24.2 Å². The van der Waals surface area contributed by atoms with Gasteiger partial charge in [-0.1, -0.05) is 17.7 Å². The highest BCUT2D eigenvalue weighted by molar-refractivity contribution is 5.60. The molecule has 1 N–H and O–H groups in total. The molecule has 2 atom stereocenters. The fraction of sp³-hybridized carbons (Fsp3) is 0.571. The van der Waals surface area contributed by atoms with E-state index in [-0.39, 0.29) is 0 Å². The number of benzene rings is 1. The molecule has 0 aromatic heterocycles. The summed E-state index contributed by atoms with van der Waals surface area (Å²) in [5.74, 6) is 0.697. The summed E-state index contributed by atoms with van der Waals surface area (Å²) in [5.41, 5.74) is 4.29. The molecule has 0 radical (unpaired) electrons. The molecular weight excluding hydrogens is 196 g/mol. The van der Waals surface area contributed by atoms with E-state index in [1.54, 1.807) is 5.56 Å². The Hall–Kier alpha value is -1.02. The maximum absolute atomic E-state index is 3.70. The van der Waals surface area contributed by atoms with E-state index in [0.29, 0.717) is 12.0 Å². The third kappa shape index (κ3) is 1.61. The van der Waals surface area contributed by atoms with E-state index >= 15 is 0 Å². The predicted octanol–water partition coefficient (Wildman–Crippen LogP) is 2.60. The summed E-state index contributed by atoms with van der Waals surface area (Å²) in [4.78, 5) is 2.48. The van der Waals surface area contributed by atoms with Crippen LogP contribution in [0, 0.1) is 6.92 Å². The molecule has 2 heteroatoms. The van der Waals surface area contributed by atoms with Crippen LogP contribution in [-0.2, 0) is 0 Å². The molecule has 1 saturated heterocycles. The smallest absolute Gasteiger partial charge is 0.0379 e. The number of rotatable bonds is 0. The Morgan fingerprint density at radius 2 is 2.25 bits per heavy atom. The number of anilines is 1. The average Bonchev–Trinajstić information content (AvgIpc) is 2.47. The van der Waals surface area contributed by atoms with Gasteiger partial charge in [0.15, 0.2) is 0 Å². The van der Waals surface area contributed by atoms with Gasteiger partial charge in [-0.25, -0.2) is 0 Å². The lowest BCUT2D eigenvalue weighted by Crippen LogP contribution is -2.27. The summed E-state index contributed by atoms with van der Waals surface area (Å²) in [6.07, 6.45) is 2.63. The normalized spacial score (nSPS) is 29.1. The molecule has 0 aliphatic carbocycles. The van der Waals surface area contributed by atoms with Crippen LogP contribution in [0.15, 0.2) is 18.2 Å². The van der Waals surface area contributed by atoms with Gasteiger partial charge in [0.2, 0.25) is 0 Å². The summed E-state index contributed by atoms with van der Waals surface area (Å²) >= 11 is 0. The number of aryl methyl sites for hydroxylation is 1. The maximum atomic E-state index is 3.70. The van der Waals surface area contributed by atoms with Crippen LogP contribution in [0.5, 0.6) is 0 Å². The molecule has 0 bridgehead atoms. The summed E-state index contributed by atoms with van der Waals surface area (Å²) < 4.78 is 0. The van der Waals surface area contributed by atoms with Gasteiger partial charge in [0.05, 0.1) is 0 Å². The molecule has 2 aliphatic rings. The number of likely N-dealkylation sites (N-methyl/N-ethyl adjacent to an activating group) is 1. The molecule has 0 amide bonds. The Labute approximate surface area is 97.6 Å². The minimum Gasteiger partial charge on any atom is -0.381 e. The predicted molar refractivity (Wildman–Crippen MR) is 68.1 cm³/mol. The first kappa shape index (κ1) is 10.2. The Balaban J connectivity index is 1.97. The van der Waals surface area contributed by atoms with Gasteiger partial charge in [0.1, 0.15) is 0 Å². The quantitative estimate of drug-likeness (QED) is 0.717. The minimum atomic E-state index is 0.668. The van der Waals surface area contributed by atoms with Crippen LogP contribution in [0.25, 0.3) is 0 Å². The Morgan fingerprint density at radius 3 is 3.12 bits per heavy atom. The Kier molecular flexibility index (Phi) is 2.40. The van der Waals surface area contributed by atoms with E-state index in [0.717, 1.165) is 0 Å². The molecule has 1 fully saturated rings. The summed E-state index contributed by atoms with van der Waals surface area (Å²) in [6, 6.07) is 7.49. The number of hydrogen-bond acceptors (Lipinski definition) is 2. The highest BCUT2D eigenvalue weighted by Gasteiger charge is 2.33. The molecule has 2 nitrogen and oxygen atoms in total. The second kappa shape index (κ2) is 3.77. The topological polar surface area (TPSA) is 15.3 Å². The molecule has 0 saturated carbocycles. The van der Waals surface area contributed by atoms with Crippen molar-refractivity contribution in [2.45, 2.75) is 31.7 Å². The van der Waals surface area contributed by atoms with Crippen LogP contribution in [0.1, 0.15) is 29.9 Å². The SMILES string of the molecule is Cc1ccc2c(c1)[C@@H]1CN(C)CCC[C@H]1N2. The lowest BCUT2D eigenvalue weighted by atomic mass is 9.92. The fourth-order valence-corrected chi connectivity index (χ4v) is 3.14. The first-order chi connectivity index (χ1) is 7.74. The van der Waals surface area contributed by atoms with Crippen molar-refractivity contribution in [3.63, 3.8) is 0 Å². The molecule has 3 rings (SSSR count). The third-order valence-electron chi connectivity index (χ3n) is 4.00. The van der Waals surface area contributed by atoms with Gasteiger partial charge in [-0.3, -0.25) is 0 Å². The Bertz CT molecular complexity index is 400. The van der Waals surface area contributed by atoms with Gasteiger partial charge in [-0.2, -0.15) is 0 Å². The van der Waals surface area contributed by atoms with Crippen molar-refractivity contribution in [2.75, 3.05) is 25.5 Å². The van der Waals surface area contributed by atoms with Crippen LogP contribution < -0.4 is 5.32 Å². The number of hydrogen-bond donors (Lipinski definition) is 1. The third-order valence-corrected chi connectivity index (χ3v) is 4.00. The molecule has 2 aliphatic heterocycles. The molecule has 86 valence electrons. The lowest BCUT2D eigenvalue weighted by molar-refractivity contribution is 0.332. The summed E-state index contributed by atoms with van der Waals surface area (Å²) in [7, 11) is 2.25. The van der Waals surface area contributed by atoms with Gasteiger partial charge in [-0.15, -0.1) is 0 Å². The molecule has 16 heavy (non-hydrogen) atoms. The molecule has 1 aromatic carbocycles. The summed E-state index contributed by atoms with van der Waals surface area (Å²) in [6.45, 7) is 4.64. The molecule has 0 spiro atoms. The highest BCUT2D eigenvalue weighted by atomic mass is 15.1. The van der Waals surface area contributed by atoms with E-state index in [2.05, 4.69) is 42.4 Å². The zero-order chi connectivity index (χ0) is 11.1. The van der Waals surface area contributed by atoms with Gasteiger partial charge < -0.3 is 10.2 Å². The van der Waals surface area contributed by atoms with Crippen LogP contribution in [0.3, 0.4) is 0 Å². The number of fused-ring (bicyclic) bond motifs is 3. The highest BCUT2D eigenvalue weighted by Crippen LogP contribution is 2.39. The number of nitrogens with zero attached hydrogens (tertiary/aromatic N) is 1. The van der Waals surface area contributed by atoms with Gasteiger partial charge >= 0.3 is 0 Å². The van der Waals surface area contributed by atoms with Crippen LogP contribution in [-0.4, -0.2) is 31.1 Å². The van der Waals surface area contributed by atoms with Crippen molar-refractivity contribution in [2.24, 2.45) is 0 Å². The zero-order valence-electron chi connectivity index (χ0n) is 10.2. The van der Waals surface area contributed by atoms with Crippen LogP contribution in [0.4, 0.5) is 5.69 Å². The van der Waals surface area contributed by atoms with Crippen molar-refractivity contribution in [3.8, 4) is 0 Å². The first-order valence-electron chi connectivity index (χ1n) is 6.29. The monoisotopic (exact) mass is 216 g/mol. The van der Waals surface area contributed by atoms with E-state index in [1.807, 2.05) is 0 Å². The van der Waals surface area contributed by atoms with Crippen molar-refractivity contribution in [1.29, 1.82) is 0 Å². The van der Waals surface area contributed by atoms with Gasteiger partial charge in [0.25, 0.3) is 0 Å². The standard InChI is InChI=1S/C14H20N2/c1-10-5-6-14-11(8-10)12-9-16(2)7-3-4-13(12)15-14/h5-6,8,12-13,15H,3-4,7,9H2,1-2H3/t12-,13+/m0/s1. The number of likely N-dealkylation sites (tertiary alicyclic amines) is 1. The van der Waals surface area contributed by atoms with E-state index < -0.39 is 0 Å². The van der Waals surface area contributed by atoms with Crippen molar-refractivity contribution in [1.82, 2.24) is 4.90 Å². The molecule has 2 heterocycles. The van der Waals surface area contributed by atoms with Crippen molar-refractivity contribution >= 4 is 5.69 Å². The first-order valence-corrected chi connectivity index (χ1v) is 6.29. The minimum absolute atomic E-state index is 0.668. The number of nitrogens with one attached hydrogen (secondary N) is 1. The van der Waals surface area contributed by atoms with Gasteiger partial charge in [-0.05, 0) is 45.0 Å². The van der Waals surface area contributed by atoms with Crippen LogP contribution >= 0.6 is 0 Å². The molecular formula is C14H20N2. The Morgan fingerprint density at radius 1 is 1.38 bits per heavy atom. The van der Waals surface area contributed by atoms with E-state index in [4.69, 9.17) is 0 Å². The largest absolute Gasteiger partial charge is 0.381 e. The zero-order valence-corrected chi connectivity index (χ0v) is 10.2. The lowest BCUT2D eigenvalue weighted by Gasteiger charge is -2.20. The maximum Gasteiger partial charge on any atom is 0.0379 e. The molecule has 1 aromatic rings. The van der Waals surface area contributed by atoms with Crippen molar-refractivity contribution < 1.29 is 0 Å². The average molecular weight is 216 g/mol. The second-order valence-electron chi connectivity index (χ2n) is 5.35. The van der Waals surface area contributed by atoms with E-state index in [1.165, 1.54) is 37.2 Å². The van der Waals surface area contributed by atoms with Crippen LogP contribution in [0.2, 0.25) is 0 Å². The molecule has 0 unspecified atom stereocenters. The van der Waals surface area contributed by atoms with E-state index in [9.17, 15) is 0 Å². The van der Waals surface area contributed by atoms with Crippen molar-refractivity contribution in [3.05, 3.63) is 29.3 Å². The summed E-state index contributed by atoms with van der Waals surface area (Å²) in [5, 5.41) is 3.70. The second-order valence-corrected chi connectivity index (χ2v) is 5.35. The fourth-order valence-electron chi connectivity index (χ4n) is 3.14.